The fourth-order valence-electron chi connectivity index (χ4n) is 1.21. The minimum atomic E-state index is -0.165. The highest BCUT2D eigenvalue weighted by Gasteiger charge is 2.10. The first kappa shape index (κ1) is 13.1. The molecule has 84 valence electrons. The molecule has 1 unspecified atom stereocenters. The number of rotatable bonds is 5. The summed E-state index contributed by atoms with van der Waals surface area (Å²) in [5.74, 6) is 0. The number of hydrogen-bond donors (Lipinski definition) is 2. The lowest BCUT2D eigenvalue weighted by Gasteiger charge is -2.16. The van der Waals surface area contributed by atoms with Gasteiger partial charge in [0.25, 0.3) is 0 Å². The normalized spacial score (nSPS) is 12.8. The van der Waals surface area contributed by atoms with Gasteiger partial charge in [0.05, 0.1) is 19.3 Å². The van der Waals surface area contributed by atoms with Crippen LogP contribution in [0.25, 0.3) is 0 Å². The van der Waals surface area contributed by atoms with Crippen LogP contribution in [0.5, 0.6) is 0 Å². The monoisotopic (exact) mass is 337 g/mol. The molecule has 0 aromatic heterocycles. The summed E-state index contributed by atoms with van der Waals surface area (Å²) in [6.45, 7) is 0.706. The summed E-state index contributed by atoms with van der Waals surface area (Å²) >= 11 is 6.81. The van der Waals surface area contributed by atoms with Crippen molar-refractivity contribution in [1.82, 2.24) is 0 Å². The van der Waals surface area contributed by atoms with E-state index in [9.17, 15) is 0 Å². The Bertz CT molecular complexity index is 320. The molecule has 0 saturated carbocycles. The largest absolute Gasteiger partial charge is 0.394 e. The number of aliphatic hydroxyl groups is 1. The number of nitrogens with two attached hydrogens (primary N) is 1. The van der Waals surface area contributed by atoms with Crippen LogP contribution < -0.4 is 5.73 Å². The third-order valence-corrected chi connectivity index (χ3v) is 3.82. The van der Waals surface area contributed by atoms with Gasteiger partial charge in [-0.2, -0.15) is 0 Å². The summed E-state index contributed by atoms with van der Waals surface area (Å²) in [7, 11) is 0. The average molecular weight is 339 g/mol. The van der Waals surface area contributed by atoms with Crippen molar-refractivity contribution in [1.29, 1.82) is 0 Å². The summed E-state index contributed by atoms with van der Waals surface area (Å²) in [6.07, 6.45) is -0.165. The SMILES string of the molecule is NCC(OCCO)c1ccc(Br)c(Br)c1. The third-order valence-electron chi connectivity index (χ3n) is 1.94. The maximum absolute atomic E-state index is 8.67. The molecule has 0 saturated heterocycles. The van der Waals surface area contributed by atoms with Gasteiger partial charge in [0.2, 0.25) is 0 Å². The predicted molar refractivity (Wildman–Crippen MR) is 66.7 cm³/mol. The van der Waals surface area contributed by atoms with Crippen molar-refractivity contribution in [3.8, 4) is 0 Å². The molecular formula is C10H13Br2NO2. The molecular weight excluding hydrogens is 326 g/mol. The van der Waals surface area contributed by atoms with Crippen LogP contribution in [0.3, 0.4) is 0 Å². The molecule has 0 fully saturated rings. The van der Waals surface area contributed by atoms with Crippen molar-refractivity contribution >= 4 is 31.9 Å². The van der Waals surface area contributed by atoms with E-state index in [1.807, 2.05) is 18.2 Å². The molecule has 0 radical (unpaired) electrons. The highest BCUT2D eigenvalue weighted by atomic mass is 79.9. The van der Waals surface area contributed by atoms with Crippen molar-refractivity contribution in [3.05, 3.63) is 32.7 Å². The quantitative estimate of drug-likeness (QED) is 0.865. The first-order valence-electron chi connectivity index (χ1n) is 4.56. The maximum atomic E-state index is 8.67. The van der Waals surface area contributed by atoms with E-state index in [1.165, 1.54) is 0 Å². The average Bonchev–Trinajstić information content (AvgIpc) is 2.24. The lowest BCUT2D eigenvalue weighted by molar-refractivity contribution is 0.0328. The van der Waals surface area contributed by atoms with E-state index in [1.54, 1.807) is 0 Å². The van der Waals surface area contributed by atoms with E-state index >= 15 is 0 Å². The van der Waals surface area contributed by atoms with Crippen molar-refractivity contribution in [2.75, 3.05) is 19.8 Å². The summed E-state index contributed by atoms with van der Waals surface area (Å²) in [5, 5.41) is 8.67. The van der Waals surface area contributed by atoms with E-state index < -0.39 is 0 Å². The maximum Gasteiger partial charge on any atom is 0.0948 e. The van der Waals surface area contributed by atoms with Gasteiger partial charge in [-0.1, -0.05) is 6.07 Å². The van der Waals surface area contributed by atoms with Gasteiger partial charge >= 0.3 is 0 Å². The van der Waals surface area contributed by atoms with Crippen LogP contribution in [0, 0.1) is 0 Å². The van der Waals surface area contributed by atoms with Crippen molar-refractivity contribution < 1.29 is 9.84 Å². The molecule has 15 heavy (non-hydrogen) atoms. The Kier molecular flexibility index (Phi) is 5.78. The minimum Gasteiger partial charge on any atom is -0.394 e. The zero-order valence-corrected chi connectivity index (χ0v) is 11.3. The zero-order chi connectivity index (χ0) is 11.3. The fourth-order valence-corrected chi connectivity index (χ4v) is 1.85. The lowest BCUT2D eigenvalue weighted by Crippen LogP contribution is -2.17. The zero-order valence-electron chi connectivity index (χ0n) is 8.12. The molecule has 3 N–H and O–H groups in total. The van der Waals surface area contributed by atoms with Gasteiger partial charge in [0, 0.05) is 15.5 Å². The second-order valence-electron chi connectivity index (χ2n) is 2.99. The molecule has 5 heteroatoms. The Hall–Kier alpha value is 0.0600. The van der Waals surface area contributed by atoms with E-state index in [-0.39, 0.29) is 12.7 Å². The van der Waals surface area contributed by atoms with E-state index in [0.29, 0.717) is 13.2 Å². The summed E-state index contributed by atoms with van der Waals surface area (Å²) < 4.78 is 7.36. The number of ether oxygens (including phenoxy) is 1. The fraction of sp³-hybridized carbons (Fsp3) is 0.400. The number of aliphatic hydroxyl groups excluding tert-OH is 1. The highest BCUT2D eigenvalue weighted by Crippen LogP contribution is 2.27. The van der Waals surface area contributed by atoms with E-state index in [0.717, 1.165) is 14.5 Å². The number of hydrogen-bond acceptors (Lipinski definition) is 3. The molecule has 1 aromatic rings. The highest BCUT2D eigenvalue weighted by molar-refractivity contribution is 9.13. The van der Waals surface area contributed by atoms with E-state index in [4.69, 9.17) is 15.6 Å². The number of halogens is 2. The van der Waals surface area contributed by atoms with Gasteiger partial charge in [-0.15, -0.1) is 0 Å². The van der Waals surface area contributed by atoms with Crippen molar-refractivity contribution in [3.63, 3.8) is 0 Å². The topological polar surface area (TPSA) is 55.5 Å². The second kappa shape index (κ2) is 6.60. The van der Waals surface area contributed by atoms with Crippen molar-refractivity contribution in [2.45, 2.75) is 6.10 Å². The first-order chi connectivity index (χ1) is 7.19. The molecule has 0 spiro atoms. The lowest BCUT2D eigenvalue weighted by atomic mass is 10.1. The molecule has 3 nitrogen and oxygen atoms in total. The molecule has 0 aliphatic carbocycles. The Balaban J connectivity index is 2.78. The summed E-state index contributed by atoms with van der Waals surface area (Å²) in [6, 6.07) is 5.84. The van der Waals surface area contributed by atoms with Crippen LogP contribution in [0.4, 0.5) is 0 Å². The molecule has 0 aliphatic heterocycles. The summed E-state index contributed by atoms with van der Waals surface area (Å²) in [4.78, 5) is 0. The van der Waals surface area contributed by atoms with Crippen molar-refractivity contribution in [2.24, 2.45) is 5.73 Å². The van der Waals surface area contributed by atoms with Crippen LogP contribution in [-0.4, -0.2) is 24.9 Å². The molecule has 0 bridgehead atoms. The van der Waals surface area contributed by atoms with Crippen LogP contribution in [0.15, 0.2) is 27.1 Å². The molecule has 1 atom stereocenters. The molecule has 0 aliphatic rings. The van der Waals surface area contributed by atoms with Gasteiger partial charge in [0.15, 0.2) is 0 Å². The van der Waals surface area contributed by atoms with Crippen LogP contribution in [0.1, 0.15) is 11.7 Å². The smallest absolute Gasteiger partial charge is 0.0948 e. The Morgan fingerprint density at radius 1 is 1.33 bits per heavy atom. The molecule has 1 aromatic carbocycles. The second-order valence-corrected chi connectivity index (χ2v) is 4.70. The Labute approximate surface area is 106 Å². The van der Waals surface area contributed by atoms with Gasteiger partial charge in [-0.3, -0.25) is 0 Å². The van der Waals surface area contributed by atoms with Crippen LogP contribution in [-0.2, 0) is 4.74 Å². The van der Waals surface area contributed by atoms with Gasteiger partial charge in [-0.25, -0.2) is 0 Å². The van der Waals surface area contributed by atoms with E-state index in [2.05, 4.69) is 31.9 Å². The Morgan fingerprint density at radius 3 is 2.60 bits per heavy atom. The standard InChI is InChI=1S/C10H13Br2NO2/c11-8-2-1-7(5-9(8)12)10(6-13)15-4-3-14/h1-2,5,10,14H,3-4,6,13H2. The Morgan fingerprint density at radius 2 is 2.07 bits per heavy atom. The van der Waals surface area contributed by atoms with Gasteiger partial charge < -0.3 is 15.6 Å². The first-order valence-corrected chi connectivity index (χ1v) is 6.15. The minimum absolute atomic E-state index is 0.00813. The molecule has 1 rings (SSSR count). The van der Waals surface area contributed by atoms with Crippen LogP contribution >= 0.6 is 31.9 Å². The predicted octanol–water partition coefficient (Wildman–Crippen LogP) is 2.22. The summed E-state index contributed by atoms with van der Waals surface area (Å²) in [5.41, 5.74) is 6.60. The van der Waals surface area contributed by atoms with Gasteiger partial charge in [0.1, 0.15) is 0 Å². The number of benzene rings is 1. The van der Waals surface area contributed by atoms with Gasteiger partial charge in [-0.05, 0) is 49.6 Å². The third kappa shape index (κ3) is 3.85. The van der Waals surface area contributed by atoms with Crippen LogP contribution in [0.2, 0.25) is 0 Å². The molecule has 0 amide bonds. The molecule has 0 heterocycles.